The van der Waals surface area contributed by atoms with Crippen LogP contribution >= 0.6 is 11.8 Å². The maximum absolute atomic E-state index is 4.38. The lowest BCUT2D eigenvalue weighted by Gasteiger charge is -1.98. The third-order valence-electron chi connectivity index (χ3n) is 1.84. The Labute approximate surface area is 80.4 Å². The highest BCUT2D eigenvalue weighted by Crippen LogP contribution is 2.14. The normalized spacial score (nSPS) is 10.9. The van der Waals surface area contributed by atoms with Crippen molar-refractivity contribution >= 4 is 22.8 Å². The van der Waals surface area contributed by atoms with Crippen molar-refractivity contribution in [2.24, 2.45) is 0 Å². The number of aromatic nitrogens is 4. The smallest absolute Gasteiger partial charge is 0.189 e. The molecule has 0 spiro atoms. The Morgan fingerprint density at radius 1 is 1.46 bits per heavy atom. The van der Waals surface area contributed by atoms with Crippen LogP contribution in [0.2, 0.25) is 0 Å². The number of aryl methyl sites for hydroxylation is 1. The van der Waals surface area contributed by atoms with E-state index in [1.165, 1.54) is 0 Å². The first-order valence-electron chi connectivity index (χ1n) is 4.07. The number of rotatable bonds is 2. The first-order chi connectivity index (χ1) is 6.35. The molecule has 4 nitrogen and oxygen atoms in total. The van der Waals surface area contributed by atoms with Gasteiger partial charge in [0.15, 0.2) is 10.8 Å². The lowest BCUT2D eigenvalue weighted by molar-refractivity contribution is 0.673. The third-order valence-corrected chi connectivity index (χ3v) is 2.40. The van der Waals surface area contributed by atoms with Gasteiger partial charge in [0, 0.05) is 12.7 Å². The molecule has 0 N–H and O–H groups in total. The Hall–Kier alpha value is -1.10. The summed E-state index contributed by atoms with van der Waals surface area (Å²) < 4.78 is 1.87. The van der Waals surface area contributed by atoms with Crippen LogP contribution in [0.5, 0.6) is 0 Å². The topological polar surface area (TPSA) is 43.6 Å². The fourth-order valence-electron chi connectivity index (χ4n) is 1.18. The van der Waals surface area contributed by atoms with Crippen LogP contribution in [0.1, 0.15) is 6.92 Å². The first kappa shape index (κ1) is 8.50. The quantitative estimate of drug-likeness (QED) is 0.537. The van der Waals surface area contributed by atoms with Crippen LogP contribution in [0.15, 0.2) is 17.6 Å². The van der Waals surface area contributed by atoms with E-state index in [1.807, 2.05) is 24.1 Å². The minimum absolute atomic E-state index is 0.794. The fourth-order valence-corrected chi connectivity index (χ4v) is 1.52. The van der Waals surface area contributed by atoms with Crippen molar-refractivity contribution in [2.75, 3.05) is 6.26 Å². The van der Waals surface area contributed by atoms with E-state index < -0.39 is 0 Å². The lowest BCUT2D eigenvalue weighted by atomic mass is 10.4. The Morgan fingerprint density at radius 3 is 3.00 bits per heavy atom. The predicted octanol–water partition coefficient (Wildman–Crippen LogP) is 1.57. The summed E-state index contributed by atoms with van der Waals surface area (Å²) in [7, 11) is 0. The minimum Gasteiger partial charge on any atom is -0.247 e. The summed E-state index contributed by atoms with van der Waals surface area (Å²) in [6.07, 6.45) is 5.57. The second-order valence-electron chi connectivity index (χ2n) is 2.60. The molecule has 2 aromatic rings. The van der Waals surface area contributed by atoms with Gasteiger partial charge in [0.2, 0.25) is 0 Å². The van der Waals surface area contributed by atoms with Crippen LogP contribution in [-0.2, 0) is 6.54 Å². The number of thioether (sulfide) groups is 1. The van der Waals surface area contributed by atoms with Gasteiger partial charge in [-0.15, -0.1) is 0 Å². The maximum Gasteiger partial charge on any atom is 0.189 e. The maximum atomic E-state index is 4.38. The van der Waals surface area contributed by atoms with Crippen molar-refractivity contribution in [3.05, 3.63) is 12.4 Å². The molecule has 0 aliphatic rings. The summed E-state index contributed by atoms with van der Waals surface area (Å²) in [6, 6.07) is 0. The van der Waals surface area contributed by atoms with Gasteiger partial charge in [0.05, 0.1) is 11.6 Å². The number of fused-ring (bicyclic) bond motifs is 1. The van der Waals surface area contributed by atoms with Crippen LogP contribution in [0.4, 0.5) is 0 Å². The Bertz CT molecular complexity index is 423. The van der Waals surface area contributed by atoms with Crippen molar-refractivity contribution in [1.82, 2.24) is 19.7 Å². The lowest BCUT2D eigenvalue weighted by Crippen LogP contribution is -1.98. The Kier molecular flexibility index (Phi) is 2.18. The molecule has 0 aliphatic heterocycles. The number of hydrogen-bond acceptors (Lipinski definition) is 4. The molecule has 0 atom stereocenters. The van der Waals surface area contributed by atoms with Crippen molar-refractivity contribution in [2.45, 2.75) is 18.6 Å². The zero-order valence-corrected chi connectivity index (χ0v) is 8.38. The molecule has 2 rings (SSSR count). The Morgan fingerprint density at radius 2 is 2.31 bits per heavy atom. The molecule has 0 bridgehead atoms. The van der Waals surface area contributed by atoms with Gasteiger partial charge in [0.25, 0.3) is 0 Å². The zero-order valence-electron chi connectivity index (χ0n) is 7.56. The number of nitrogens with zero attached hydrogens (tertiary/aromatic N) is 4. The van der Waals surface area contributed by atoms with E-state index in [0.29, 0.717) is 0 Å². The van der Waals surface area contributed by atoms with Crippen molar-refractivity contribution < 1.29 is 0 Å². The van der Waals surface area contributed by atoms with Gasteiger partial charge >= 0.3 is 0 Å². The van der Waals surface area contributed by atoms with Crippen LogP contribution in [0.3, 0.4) is 0 Å². The molecule has 5 heteroatoms. The average Bonchev–Trinajstić information content (AvgIpc) is 2.59. The monoisotopic (exact) mass is 194 g/mol. The molecule has 13 heavy (non-hydrogen) atoms. The Balaban J connectivity index is 2.64. The van der Waals surface area contributed by atoms with E-state index in [9.17, 15) is 0 Å². The highest BCUT2D eigenvalue weighted by molar-refractivity contribution is 7.98. The average molecular weight is 194 g/mol. The summed E-state index contributed by atoms with van der Waals surface area (Å²) in [5.41, 5.74) is 0.918. The molecule has 0 radical (unpaired) electrons. The van der Waals surface area contributed by atoms with Gasteiger partial charge < -0.3 is 0 Å². The molecular formula is C8H10N4S. The molecule has 2 heterocycles. The third kappa shape index (κ3) is 1.39. The molecule has 0 aromatic carbocycles. The molecule has 2 aromatic heterocycles. The second kappa shape index (κ2) is 3.33. The molecule has 0 aliphatic carbocycles. The molecule has 0 unspecified atom stereocenters. The molecule has 0 fully saturated rings. The SMILES string of the molecule is CCn1ncc2cnc(SC)nc21. The van der Waals surface area contributed by atoms with E-state index >= 15 is 0 Å². The van der Waals surface area contributed by atoms with Crippen molar-refractivity contribution in [3.8, 4) is 0 Å². The summed E-state index contributed by atoms with van der Waals surface area (Å²) in [4.78, 5) is 8.55. The molecule has 68 valence electrons. The van der Waals surface area contributed by atoms with E-state index in [2.05, 4.69) is 15.1 Å². The molecular weight excluding hydrogens is 184 g/mol. The van der Waals surface area contributed by atoms with Gasteiger partial charge in [-0.3, -0.25) is 0 Å². The summed E-state index contributed by atoms with van der Waals surface area (Å²) in [5.74, 6) is 0. The van der Waals surface area contributed by atoms with Crippen LogP contribution in [0, 0.1) is 0 Å². The molecule has 0 saturated heterocycles. The van der Waals surface area contributed by atoms with E-state index in [1.54, 1.807) is 18.0 Å². The fraction of sp³-hybridized carbons (Fsp3) is 0.375. The van der Waals surface area contributed by atoms with Crippen LogP contribution in [0.25, 0.3) is 11.0 Å². The van der Waals surface area contributed by atoms with Gasteiger partial charge in [-0.2, -0.15) is 5.10 Å². The van der Waals surface area contributed by atoms with Gasteiger partial charge in [-0.25, -0.2) is 14.6 Å². The molecule has 0 amide bonds. The zero-order chi connectivity index (χ0) is 9.26. The minimum atomic E-state index is 0.794. The highest BCUT2D eigenvalue weighted by atomic mass is 32.2. The summed E-state index contributed by atoms with van der Waals surface area (Å²) in [5, 5.41) is 5.99. The van der Waals surface area contributed by atoms with Gasteiger partial charge in [-0.1, -0.05) is 11.8 Å². The van der Waals surface area contributed by atoms with Gasteiger partial charge in [-0.05, 0) is 13.2 Å². The van der Waals surface area contributed by atoms with Crippen LogP contribution in [-0.4, -0.2) is 26.0 Å². The predicted molar refractivity (Wildman–Crippen MR) is 52.8 cm³/mol. The summed E-state index contributed by atoms with van der Waals surface area (Å²) in [6.45, 7) is 2.89. The standard InChI is InChI=1S/C8H10N4S/c1-3-12-7-6(5-10-12)4-9-8(11-7)13-2/h4-5H,3H2,1-2H3. The summed E-state index contributed by atoms with van der Waals surface area (Å²) >= 11 is 1.54. The van der Waals surface area contributed by atoms with Crippen molar-refractivity contribution in [3.63, 3.8) is 0 Å². The van der Waals surface area contributed by atoms with E-state index in [-0.39, 0.29) is 0 Å². The molecule has 0 saturated carbocycles. The van der Waals surface area contributed by atoms with Crippen molar-refractivity contribution in [1.29, 1.82) is 0 Å². The first-order valence-corrected chi connectivity index (χ1v) is 5.30. The van der Waals surface area contributed by atoms with Crippen LogP contribution < -0.4 is 0 Å². The van der Waals surface area contributed by atoms with E-state index in [0.717, 1.165) is 22.7 Å². The largest absolute Gasteiger partial charge is 0.247 e. The second-order valence-corrected chi connectivity index (χ2v) is 3.37. The van der Waals surface area contributed by atoms with Gasteiger partial charge in [0.1, 0.15) is 0 Å². The highest BCUT2D eigenvalue weighted by Gasteiger charge is 2.03. The number of hydrogen-bond donors (Lipinski definition) is 0. The van der Waals surface area contributed by atoms with E-state index in [4.69, 9.17) is 0 Å².